The van der Waals surface area contributed by atoms with Gasteiger partial charge in [0.15, 0.2) is 0 Å². The van der Waals surface area contributed by atoms with E-state index in [1.165, 1.54) is 0 Å². The van der Waals surface area contributed by atoms with E-state index in [1.54, 1.807) is 18.7 Å². The van der Waals surface area contributed by atoms with Crippen molar-refractivity contribution in [3.63, 3.8) is 0 Å². The van der Waals surface area contributed by atoms with Crippen molar-refractivity contribution in [3.8, 4) is 0 Å². The summed E-state index contributed by atoms with van der Waals surface area (Å²) in [7, 11) is 0. The second kappa shape index (κ2) is 6.68. The van der Waals surface area contributed by atoms with Gasteiger partial charge in [0.1, 0.15) is 12.1 Å². The third-order valence-corrected chi connectivity index (χ3v) is 2.11. The Balaban J connectivity index is 0.000000202. The van der Waals surface area contributed by atoms with Gasteiger partial charge in [-0.25, -0.2) is 4.98 Å². The van der Waals surface area contributed by atoms with Crippen LogP contribution in [0.3, 0.4) is 0 Å². The highest BCUT2D eigenvalue weighted by molar-refractivity contribution is 5.38. The van der Waals surface area contributed by atoms with Crippen LogP contribution in [0, 0.1) is 12.8 Å². The van der Waals surface area contributed by atoms with Crippen molar-refractivity contribution in [1.29, 1.82) is 0 Å². The SMILES string of the molecule is CC(C)Cc1cccnc1N.Cc1cnoc1. The van der Waals surface area contributed by atoms with E-state index in [1.807, 2.05) is 19.1 Å². The molecule has 0 bridgehead atoms. The fourth-order valence-electron chi connectivity index (χ4n) is 1.32. The Kier molecular flexibility index (Phi) is 5.20. The molecule has 0 fully saturated rings. The third-order valence-electron chi connectivity index (χ3n) is 2.11. The molecular weight excluding hydrogens is 214 g/mol. The van der Waals surface area contributed by atoms with Crippen molar-refractivity contribution in [1.82, 2.24) is 10.1 Å². The average molecular weight is 233 g/mol. The number of aromatic nitrogens is 2. The molecule has 0 radical (unpaired) electrons. The number of nitrogens with zero attached hydrogens (tertiary/aromatic N) is 2. The fraction of sp³-hybridized carbons (Fsp3) is 0.385. The molecule has 0 aliphatic carbocycles. The first-order valence-electron chi connectivity index (χ1n) is 5.65. The van der Waals surface area contributed by atoms with Crippen LogP contribution in [0.15, 0.2) is 35.3 Å². The molecule has 2 heterocycles. The zero-order valence-corrected chi connectivity index (χ0v) is 10.6. The molecule has 4 heteroatoms. The van der Waals surface area contributed by atoms with Gasteiger partial charge >= 0.3 is 0 Å². The van der Waals surface area contributed by atoms with Crippen LogP contribution in [0.1, 0.15) is 25.0 Å². The van der Waals surface area contributed by atoms with Crippen LogP contribution < -0.4 is 5.73 Å². The molecule has 2 N–H and O–H groups in total. The molecule has 0 aliphatic heterocycles. The molecule has 2 aromatic rings. The number of rotatable bonds is 2. The minimum Gasteiger partial charge on any atom is -0.383 e. The molecule has 0 unspecified atom stereocenters. The summed E-state index contributed by atoms with van der Waals surface area (Å²) in [6, 6.07) is 3.95. The number of hydrogen-bond acceptors (Lipinski definition) is 4. The zero-order chi connectivity index (χ0) is 12.7. The van der Waals surface area contributed by atoms with Gasteiger partial charge < -0.3 is 10.3 Å². The molecular formula is C13H19N3O. The summed E-state index contributed by atoms with van der Waals surface area (Å²) in [5.41, 5.74) is 7.88. The summed E-state index contributed by atoms with van der Waals surface area (Å²) in [6.45, 7) is 6.27. The Morgan fingerprint density at radius 2 is 2.18 bits per heavy atom. The topological polar surface area (TPSA) is 64.9 Å². The number of aryl methyl sites for hydroxylation is 1. The molecule has 0 saturated heterocycles. The third kappa shape index (κ3) is 5.15. The summed E-state index contributed by atoms with van der Waals surface area (Å²) < 4.78 is 4.46. The van der Waals surface area contributed by atoms with Crippen molar-refractivity contribution in [2.75, 3.05) is 5.73 Å². The molecule has 2 rings (SSSR count). The maximum Gasteiger partial charge on any atom is 0.126 e. The molecule has 0 amide bonds. The lowest BCUT2D eigenvalue weighted by Crippen LogP contribution is -2.00. The van der Waals surface area contributed by atoms with E-state index >= 15 is 0 Å². The van der Waals surface area contributed by atoms with E-state index in [-0.39, 0.29) is 0 Å². The summed E-state index contributed by atoms with van der Waals surface area (Å²) in [6.07, 6.45) is 6.00. The minimum atomic E-state index is 0.640. The highest BCUT2D eigenvalue weighted by Crippen LogP contribution is 2.12. The lowest BCUT2D eigenvalue weighted by atomic mass is 10.0. The monoisotopic (exact) mass is 233 g/mol. The number of nitrogen functional groups attached to an aromatic ring is 1. The van der Waals surface area contributed by atoms with Gasteiger partial charge in [0.2, 0.25) is 0 Å². The molecule has 2 aromatic heterocycles. The van der Waals surface area contributed by atoms with Crippen LogP contribution in [0.5, 0.6) is 0 Å². The second-order valence-corrected chi connectivity index (χ2v) is 4.35. The van der Waals surface area contributed by atoms with Crippen LogP contribution in [0.4, 0.5) is 5.82 Å². The molecule has 0 spiro atoms. The van der Waals surface area contributed by atoms with Crippen molar-refractivity contribution in [2.45, 2.75) is 27.2 Å². The molecule has 17 heavy (non-hydrogen) atoms. The van der Waals surface area contributed by atoms with Crippen LogP contribution in [0.25, 0.3) is 0 Å². The van der Waals surface area contributed by atoms with E-state index in [9.17, 15) is 0 Å². The largest absolute Gasteiger partial charge is 0.383 e. The summed E-state index contributed by atoms with van der Waals surface area (Å²) in [4.78, 5) is 4.01. The molecule has 0 atom stereocenters. The average Bonchev–Trinajstić information content (AvgIpc) is 2.73. The second-order valence-electron chi connectivity index (χ2n) is 4.35. The lowest BCUT2D eigenvalue weighted by molar-refractivity contribution is 0.419. The van der Waals surface area contributed by atoms with E-state index in [0.717, 1.165) is 17.5 Å². The normalized spacial score (nSPS) is 9.88. The van der Waals surface area contributed by atoms with Gasteiger partial charge in [0.05, 0.1) is 6.20 Å². The van der Waals surface area contributed by atoms with E-state index in [2.05, 4.69) is 28.5 Å². The van der Waals surface area contributed by atoms with E-state index in [4.69, 9.17) is 5.73 Å². The van der Waals surface area contributed by atoms with Gasteiger partial charge in [-0.2, -0.15) is 0 Å². The van der Waals surface area contributed by atoms with Crippen LogP contribution in [-0.4, -0.2) is 10.1 Å². The number of nitrogens with two attached hydrogens (primary N) is 1. The first kappa shape index (κ1) is 13.2. The van der Waals surface area contributed by atoms with Crippen molar-refractivity contribution < 1.29 is 4.52 Å². The van der Waals surface area contributed by atoms with Gasteiger partial charge in [-0.15, -0.1) is 0 Å². The Morgan fingerprint density at radius 3 is 2.59 bits per heavy atom. The number of hydrogen-bond donors (Lipinski definition) is 1. The first-order valence-corrected chi connectivity index (χ1v) is 5.65. The smallest absolute Gasteiger partial charge is 0.126 e. The van der Waals surface area contributed by atoms with Crippen molar-refractivity contribution >= 4 is 5.82 Å². The van der Waals surface area contributed by atoms with Crippen LogP contribution >= 0.6 is 0 Å². The zero-order valence-electron chi connectivity index (χ0n) is 10.6. The first-order chi connectivity index (χ1) is 8.09. The Labute approximate surface area is 102 Å². The predicted molar refractivity (Wildman–Crippen MR) is 68.4 cm³/mol. The van der Waals surface area contributed by atoms with E-state index < -0.39 is 0 Å². The van der Waals surface area contributed by atoms with Crippen LogP contribution in [-0.2, 0) is 6.42 Å². The highest BCUT2D eigenvalue weighted by atomic mass is 16.5. The quantitative estimate of drug-likeness (QED) is 0.866. The molecule has 0 aliphatic rings. The maximum absolute atomic E-state index is 5.66. The fourth-order valence-corrected chi connectivity index (χ4v) is 1.32. The van der Waals surface area contributed by atoms with Gasteiger partial charge in [0.25, 0.3) is 0 Å². The van der Waals surface area contributed by atoms with Crippen LogP contribution in [0.2, 0.25) is 0 Å². The van der Waals surface area contributed by atoms with Gasteiger partial charge in [-0.1, -0.05) is 25.1 Å². The van der Waals surface area contributed by atoms with Gasteiger partial charge in [0, 0.05) is 11.8 Å². The van der Waals surface area contributed by atoms with E-state index in [0.29, 0.717) is 11.7 Å². The highest BCUT2D eigenvalue weighted by Gasteiger charge is 2.00. The Morgan fingerprint density at radius 1 is 1.41 bits per heavy atom. The number of anilines is 1. The maximum atomic E-state index is 5.66. The summed E-state index contributed by atoms with van der Waals surface area (Å²) in [5, 5.41) is 3.45. The summed E-state index contributed by atoms with van der Waals surface area (Å²) in [5.74, 6) is 1.31. The molecule has 0 aromatic carbocycles. The van der Waals surface area contributed by atoms with Gasteiger partial charge in [-0.05, 0) is 30.9 Å². The Hall–Kier alpha value is -1.84. The van der Waals surface area contributed by atoms with Crippen molar-refractivity contribution in [2.24, 2.45) is 5.92 Å². The predicted octanol–water partition coefficient (Wildman–Crippen LogP) is 2.85. The number of pyridine rings is 1. The minimum absolute atomic E-state index is 0.640. The molecule has 92 valence electrons. The molecule has 0 saturated carbocycles. The molecule has 4 nitrogen and oxygen atoms in total. The standard InChI is InChI=1S/C9H14N2.C4H5NO/c1-7(2)6-8-4-3-5-11-9(8)10;1-4-2-5-6-3-4/h3-5,7H,6H2,1-2H3,(H2,10,11);2-3H,1H3. The van der Waals surface area contributed by atoms with Crippen molar-refractivity contribution in [3.05, 3.63) is 41.9 Å². The lowest BCUT2D eigenvalue weighted by Gasteiger charge is -2.05. The van der Waals surface area contributed by atoms with Gasteiger partial charge in [-0.3, -0.25) is 0 Å². The summed E-state index contributed by atoms with van der Waals surface area (Å²) >= 11 is 0. The Bertz CT molecular complexity index is 424.